The van der Waals surface area contributed by atoms with E-state index in [1.54, 1.807) is 9.80 Å². The summed E-state index contributed by atoms with van der Waals surface area (Å²) in [5.41, 5.74) is 7.34. The zero-order chi connectivity index (χ0) is 13.4. The molecule has 2 N–H and O–H groups in total. The van der Waals surface area contributed by atoms with E-state index in [1.165, 1.54) is 0 Å². The molecule has 2 saturated heterocycles. The molecular formula is C14H17N3O2. The Bertz CT molecular complexity index is 512. The highest BCUT2D eigenvalue weighted by Crippen LogP contribution is 2.24. The Hall–Kier alpha value is -2.04. The second-order valence-electron chi connectivity index (χ2n) is 5.18. The van der Waals surface area contributed by atoms with Crippen LogP contribution in [-0.4, -0.2) is 40.7 Å². The molecule has 2 heterocycles. The van der Waals surface area contributed by atoms with Gasteiger partial charge in [0.05, 0.1) is 0 Å². The van der Waals surface area contributed by atoms with Gasteiger partial charge in [-0.15, -0.1) is 0 Å². The molecule has 0 aliphatic carbocycles. The second-order valence-corrected chi connectivity index (χ2v) is 5.18. The van der Waals surface area contributed by atoms with Crippen molar-refractivity contribution in [2.45, 2.75) is 25.4 Å². The van der Waals surface area contributed by atoms with E-state index in [1.807, 2.05) is 24.3 Å². The number of carbonyl (C=O) groups excluding carboxylic acids is 2. The Morgan fingerprint density at radius 3 is 2.68 bits per heavy atom. The lowest BCUT2D eigenvalue weighted by molar-refractivity contribution is -0.154. The molecule has 1 aromatic carbocycles. The number of benzene rings is 1. The molecule has 0 aromatic heterocycles. The van der Waals surface area contributed by atoms with Gasteiger partial charge < -0.3 is 15.5 Å². The van der Waals surface area contributed by atoms with Crippen molar-refractivity contribution < 1.29 is 9.59 Å². The highest BCUT2D eigenvalue weighted by Gasteiger charge is 2.41. The van der Waals surface area contributed by atoms with Crippen molar-refractivity contribution in [3.05, 3.63) is 29.8 Å². The van der Waals surface area contributed by atoms with Crippen molar-refractivity contribution in [2.75, 3.05) is 18.8 Å². The second kappa shape index (κ2) is 4.57. The van der Waals surface area contributed by atoms with Gasteiger partial charge in [-0.2, -0.15) is 0 Å². The van der Waals surface area contributed by atoms with Crippen LogP contribution in [-0.2, 0) is 16.1 Å². The molecule has 2 aliphatic rings. The van der Waals surface area contributed by atoms with Gasteiger partial charge in [-0.05, 0) is 30.5 Å². The van der Waals surface area contributed by atoms with Gasteiger partial charge in [0, 0.05) is 18.8 Å². The molecule has 100 valence electrons. The van der Waals surface area contributed by atoms with Crippen LogP contribution in [0.25, 0.3) is 0 Å². The quantitative estimate of drug-likeness (QED) is 0.791. The fourth-order valence-corrected chi connectivity index (χ4v) is 2.84. The van der Waals surface area contributed by atoms with Crippen molar-refractivity contribution in [3.63, 3.8) is 0 Å². The molecule has 2 aliphatic heterocycles. The Kier molecular flexibility index (Phi) is 2.89. The Morgan fingerprint density at radius 1 is 1.21 bits per heavy atom. The van der Waals surface area contributed by atoms with Crippen LogP contribution in [0.3, 0.4) is 0 Å². The zero-order valence-electron chi connectivity index (χ0n) is 10.7. The van der Waals surface area contributed by atoms with Crippen LogP contribution in [0, 0.1) is 0 Å². The summed E-state index contributed by atoms with van der Waals surface area (Å²) in [5.74, 6) is 0.145. The van der Waals surface area contributed by atoms with Gasteiger partial charge in [-0.3, -0.25) is 9.59 Å². The van der Waals surface area contributed by atoms with E-state index in [2.05, 4.69) is 0 Å². The topological polar surface area (TPSA) is 66.6 Å². The number of amides is 2. The number of piperazine rings is 1. The monoisotopic (exact) mass is 259 g/mol. The summed E-state index contributed by atoms with van der Waals surface area (Å²) in [4.78, 5) is 27.7. The van der Waals surface area contributed by atoms with E-state index in [0.29, 0.717) is 12.2 Å². The van der Waals surface area contributed by atoms with E-state index in [-0.39, 0.29) is 24.4 Å². The average Bonchev–Trinajstić information content (AvgIpc) is 2.88. The summed E-state index contributed by atoms with van der Waals surface area (Å²) >= 11 is 0. The standard InChI is InChI=1S/C14H17N3O2/c15-11-5-3-10(4-6-11)8-16-9-13(18)17-7-1-2-12(17)14(16)19/h3-6,12H,1-2,7-9,15H2. The minimum Gasteiger partial charge on any atom is -0.399 e. The summed E-state index contributed by atoms with van der Waals surface area (Å²) in [7, 11) is 0. The lowest BCUT2D eigenvalue weighted by Crippen LogP contribution is -2.56. The van der Waals surface area contributed by atoms with Gasteiger partial charge in [0.15, 0.2) is 0 Å². The maximum absolute atomic E-state index is 12.3. The zero-order valence-corrected chi connectivity index (χ0v) is 10.7. The van der Waals surface area contributed by atoms with E-state index < -0.39 is 0 Å². The molecule has 0 saturated carbocycles. The third-order valence-electron chi connectivity index (χ3n) is 3.85. The highest BCUT2D eigenvalue weighted by atomic mass is 16.2. The van der Waals surface area contributed by atoms with Gasteiger partial charge in [0.2, 0.25) is 11.8 Å². The van der Waals surface area contributed by atoms with Crippen molar-refractivity contribution in [1.29, 1.82) is 0 Å². The van der Waals surface area contributed by atoms with E-state index in [0.717, 1.165) is 24.9 Å². The number of nitrogens with zero attached hydrogens (tertiary/aromatic N) is 2. The van der Waals surface area contributed by atoms with Crippen molar-refractivity contribution in [2.24, 2.45) is 0 Å². The number of hydrogen-bond donors (Lipinski definition) is 1. The third-order valence-corrected chi connectivity index (χ3v) is 3.85. The largest absolute Gasteiger partial charge is 0.399 e. The molecule has 2 fully saturated rings. The molecular weight excluding hydrogens is 242 g/mol. The van der Waals surface area contributed by atoms with Gasteiger partial charge in [0.25, 0.3) is 0 Å². The lowest BCUT2D eigenvalue weighted by Gasteiger charge is -2.36. The lowest BCUT2D eigenvalue weighted by atomic mass is 10.1. The number of hydrogen-bond acceptors (Lipinski definition) is 3. The van der Waals surface area contributed by atoms with E-state index in [9.17, 15) is 9.59 Å². The smallest absolute Gasteiger partial charge is 0.246 e. The summed E-state index contributed by atoms with van der Waals surface area (Å²) in [5, 5.41) is 0. The minimum absolute atomic E-state index is 0.0672. The number of fused-ring (bicyclic) bond motifs is 1. The SMILES string of the molecule is Nc1ccc(CN2CC(=O)N3CCCC3C2=O)cc1. The molecule has 0 radical (unpaired) electrons. The number of nitrogen functional groups attached to an aromatic ring is 1. The maximum Gasteiger partial charge on any atom is 0.246 e. The third kappa shape index (κ3) is 2.16. The van der Waals surface area contributed by atoms with Crippen LogP contribution < -0.4 is 5.73 Å². The van der Waals surface area contributed by atoms with Crippen molar-refractivity contribution >= 4 is 17.5 Å². The predicted molar refractivity (Wildman–Crippen MR) is 71.0 cm³/mol. The van der Waals surface area contributed by atoms with Crippen LogP contribution >= 0.6 is 0 Å². The molecule has 1 aromatic rings. The van der Waals surface area contributed by atoms with Gasteiger partial charge >= 0.3 is 0 Å². The minimum atomic E-state index is -0.227. The van der Waals surface area contributed by atoms with E-state index in [4.69, 9.17) is 5.73 Å². The van der Waals surface area contributed by atoms with Crippen LogP contribution in [0.5, 0.6) is 0 Å². The highest BCUT2D eigenvalue weighted by molar-refractivity contribution is 5.95. The maximum atomic E-state index is 12.3. The molecule has 0 bridgehead atoms. The Balaban J connectivity index is 1.76. The molecule has 19 heavy (non-hydrogen) atoms. The fraction of sp³-hybridized carbons (Fsp3) is 0.429. The first-order valence-corrected chi connectivity index (χ1v) is 6.58. The molecule has 3 rings (SSSR count). The molecule has 5 heteroatoms. The fourth-order valence-electron chi connectivity index (χ4n) is 2.84. The summed E-state index contributed by atoms with van der Waals surface area (Å²) < 4.78 is 0. The van der Waals surface area contributed by atoms with Crippen LogP contribution in [0.15, 0.2) is 24.3 Å². The number of rotatable bonds is 2. The van der Waals surface area contributed by atoms with Crippen LogP contribution in [0.4, 0.5) is 5.69 Å². The normalized spacial score (nSPS) is 22.8. The first-order chi connectivity index (χ1) is 9.15. The first kappa shape index (κ1) is 12.0. The van der Waals surface area contributed by atoms with Crippen LogP contribution in [0.2, 0.25) is 0 Å². The molecule has 2 amide bonds. The number of carbonyl (C=O) groups is 2. The number of nitrogens with two attached hydrogens (primary N) is 1. The summed E-state index contributed by atoms with van der Waals surface area (Å²) in [6, 6.07) is 7.19. The number of anilines is 1. The Morgan fingerprint density at radius 2 is 1.95 bits per heavy atom. The van der Waals surface area contributed by atoms with Gasteiger partial charge in [-0.1, -0.05) is 12.1 Å². The van der Waals surface area contributed by atoms with Crippen molar-refractivity contribution in [1.82, 2.24) is 9.80 Å². The van der Waals surface area contributed by atoms with Gasteiger partial charge in [-0.25, -0.2) is 0 Å². The molecule has 1 atom stereocenters. The van der Waals surface area contributed by atoms with Gasteiger partial charge in [0.1, 0.15) is 12.6 Å². The summed E-state index contributed by atoms with van der Waals surface area (Å²) in [6.07, 6.45) is 1.72. The van der Waals surface area contributed by atoms with E-state index >= 15 is 0 Å². The van der Waals surface area contributed by atoms with Crippen LogP contribution in [0.1, 0.15) is 18.4 Å². The molecule has 0 spiro atoms. The first-order valence-electron chi connectivity index (χ1n) is 6.58. The average molecular weight is 259 g/mol. The van der Waals surface area contributed by atoms with Crippen molar-refractivity contribution in [3.8, 4) is 0 Å². The predicted octanol–water partition coefficient (Wildman–Crippen LogP) is 0.602. The molecule has 5 nitrogen and oxygen atoms in total. The Labute approximate surface area is 112 Å². The summed E-state index contributed by atoms with van der Waals surface area (Å²) in [6.45, 7) is 1.40. The molecule has 1 unspecified atom stereocenters.